The number of hydrogen-bond acceptors (Lipinski definition) is 13. The number of benzene rings is 4. The van der Waals surface area contributed by atoms with Crippen molar-refractivity contribution in [2.24, 2.45) is 0 Å². The van der Waals surface area contributed by atoms with Gasteiger partial charge in [0.25, 0.3) is 17.7 Å². The number of unbranched alkanes of at least 4 members (excludes halogenated alkanes) is 9. The molecule has 2 unspecified atom stereocenters. The first-order valence-electron chi connectivity index (χ1n) is 29.4. The maximum absolute atomic E-state index is 13.1. The topological polar surface area (TPSA) is 264 Å². The fraction of sp³-hybridized carbons (Fsp3) is 0.460. The molecular formula is C63H82Cl3N9O11S. The van der Waals surface area contributed by atoms with E-state index in [9.17, 15) is 42.3 Å². The molecule has 6 amide bonds. The first-order chi connectivity index (χ1) is 41.4. The number of fused-ring (bicyclic) bond motifs is 1. The number of amides is 6. The van der Waals surface area contributed by atoms with E-state index in [0.29, 0.717) is 69.0 Å². The summed E-state index contributed by atoms with van der Waals surface area (Å²) in [6.45, 7) is 14.2. The van der Waals surface area contributed by atoms with Crippen LogP contribution in [0.15, 0.2) is 72.8 Å². The SMILES string of the molecule is CCCCCCCCCCCCS(=O)(=O)CCCc1nnc2c(Cl)c(C)[nH]n12.CCc1c(Cl)cc(NC(=O)C(CC)Oc2ccc(C)cc2C)c(O)c1Cl.COc1ccc(NC(C)=O)cc1NC(=O)C(C(C)=O)N1C(=O)CN(Cc2ccccc2)C1=O. The monoisotopic (exact) mass is 1280 g/mol. The van der Waals surface area contributed by atoms with Crippen molar-refractivity contribution in [2.75, 3.05) is 41.1 Å². The van der Waals surface area contributed by atoms with Crippen LogP contribution in [0, 0.1) is 20.8 Å². The van der Waals surface area contributed by atoms with Gasteiger partial charge in [0, 0.05) is 30.6 Å². The number of phenolic OH excluding ortho intramolecular Hbond substituents is 1. The van der Waals surface area contributed by atoms with Crippen molar-refractivity contribution in [1.82, 2.24) is 29.6 Å². The van der Waals surface area contributed by atoms with Gasteiger partial charge in [-0.2, -0.15) is 0 Å². The van der Waals surface area contributed by atoms with Gasteiger partial charge in [-0.25, -0.2) is 22.6 Å². The molecule has 20 nitrogen and oxygen atoms in total. The van der Waals surface area contributed by atoms with E-state index in [-0.39, 0.29) is 58.6 Å². The quantitative estimate of drug-likeness (QED) is 0.0127. The normalized spacial score (nSPS) is 12.9. The molecule has 7 rings (SSSR count). The predicted octanol–water partition coefficient (Wildman–Crippen LogP) is 13.0. The highest BCUT2D eigenvalue weighted by Crippen LogP contribution is 2.40. The number of Topliss-reactive ketones (excluding diaryl/α,β-unsaturated/α-hetero) is 1. The van der Waals surface area contributed by atoms with E-state index in [1.165, 1.54) is 82.1 Å². The number of phenols is 1. The van der Waals surface area contributed by atoms with Gasteiger partial charge in [0.15, 0.2) is 35.2 Å². The molecule has 1 aliphatic rings. The summed E-state index contributed by atoms with van der Waals surface area (Å²) in [6, 6.07) is 18.5. The Hall–Kier alpha value is -7.20. The van der Waals surface area contributed by atoms with E-state index in [2.05, 4.69) is 38.2 Å². The largest absolute Gasteiger partial charge is 0.504 e. The number of nitrogens with zero attached hydrogens (tertiary/aromatic N) is 5. The summed E-state index contributed by atoms with van der Waals surface area (Å²) in [4.78, 5) is 77.0. The Balaban J connectivity index is 0.000000240. The lowest BCUT2D eigenvalue weighted by atomic mass is 10.1. The van der Waals surface area contributed by atoms with E-state index >= 15 is 0 Å². The molecule has 3 heterocycles. The van der Waals surface area contributed by atoms with Crippen molar-refractivity contribution in [1.29, 1.82) is 0 Å². The minimum absolute atomic E-state index is 0.152. The zero-order valence-corrected chi connectivity index (χ0v) is 54.2. The van der Waals surface area contributed by atoms with Crippen LogP contribution in [0.5, 0.6) is 17.2 Å². The second-order valence-corrected chi connectivity index (χ2v) is 24.9. The van der Waals surface area contributed by atoms with E-state index in [4.69, 9.17) is 44.3 Å². The number of ketones is 1. The molecule has 87 heavy (non-hydrogen) atoms. The Bertz CT molecular complexity index is 3450. The third kappa shape index (κ3) is 20.7. The van der Waals surface area contributed by atoms with Crippen molar-refractivity contribution in [3.05, 3.63) is 122 Å². The molecular weight excluding hydrogens is 1200 g/mol. The molecule has 5 N–H and O–H groups in total. The van der Waals surface area contributed by atoms with Gasteiger partial charge in [0.1, 0.15) is 32.9 Å². The molecule has 0 aliphatic carbocycles. The number of carbonyl (C=O) groups is 6. The van der Waals surface area contributed by atoms with Crippen LogP contribution in [0.3, 0.4) is 0 Å². The number of aromatic amines is 1. The smallest absolute Gasteiger partial charge is 0.328 e. The number of methoxy groups -OCH3 is 1. The molecule has 4 aromatic carbocycles. The number of nitrogens with one attached hydrogen (secondary N) is 4. The van der Waals surface area contributed by atoms with Crippen LogP contribution < -0.4 is 25.4 Å². The van der Waals surface area contributed by atoms with Crippen LogP contribution in [0.4, 0.5) is 21.9 Å². The van der Waals surface area contributed by atoms with E-state index < -0.39 is 45.6 Å². The van der Waals surface area contributed by atoms with Crippen molar-refractivity contribution in [3.8, 4) is 17.2 Å². The van der Waals surface area contributed by atoms with Gasteiger partial charge in [-0.3, -0.25) is 29.1 Å². The van der Waals surface area contributed by atoms with Crippen LogP contribution >= 0.6 is 34.8 Å². The summed E-state index contributed by atoms with van der Waals surface area (Å²) in [6.07, 6.45) is 13.5. The lowest BCUT2D eigenvalue weighted by molar-refractivity contribution is -0.138. The van der Waals surface area contributed by atoms with Gasteiger partial charge in [-0.15, -0.1) is 10.2 Å². The number of urea groups is 1. The predicted molar refractivity (Wildman–Crippen MR) is 342 cm³/mol. The highest BCUT2D eigenvalue weighted by atomic mass is 35.5. The van der Waals surface area contributed by atoms with Crippen molar-refractivity contribution < 1.29 is 51.8 Å². The van der Waals surface area contributed by atoms with Crippen LogP contribution in [0.25, 0.3) is 5.65 Å². The molecule has 0 radical (unpaired) electrons. The van der Waals surface area contributed by atoms with Crippen molar-refractivity contribution >= 4 is 103 Å². The molecule has 472 valence electrons. The van der Waals surface area contributed by atoms with Gasteiger partial charge in [0.05, 0.1) is 40.7 Å². The first-order valence-corrected chi connectivity index (χ1v) is 32.3. The fourth-order valence-corrected chi connectivity index (χ4v) is 12.0. The molecule has 1 aliphatic heterocycles. The number of carbonyl (C=O) groups excluding carboxylic acids is 6. The number of aromatic hydroxyl groups is 1. The number of hydrogen-bond donors (Lipinski definition) is 5. The molecule has 24 heteroatoms. The van der Waals surface area contributed by atoms with Gasteiger partial charge in [-0.05, 0) is 100 Å². The molecule has 0 bridgehead atoms. The van der Waals surface area contributed by atoms with Crippen LogP contribution in [0.2, 0.25) is 15.1 Å². The lowest BCUT2D eigenvalue weighted by Crippen LogP contribution is -2.51. The minimum atomic E-state index is -2.99. The standard InChI is InChI=1S/C23H24N4O6.C20H23Cl2NO3.C20H35ClN4O2S/c1-14(28)21(22(31)25-18-11-17(24-15(2)29)9-10-19(18)33-3)27-20(30)13-26(23(27)32)12-16-7-5-4-6-8-16;1-5-13-14(21)10-15(19(24)18(13)22)23-20(25)16(6-2)26-17-8-7-11(3)9-12(17)4;1-3-4-5-6-7-8-9-10-11-12-15-28(26,27)16-13-14-18-22-23-20-19(21)17(2)24-25(18)20/h4-11,21H,12-13H2,1-3H3,(H,24,29)(H,25,31);7-10,16,24H,5-6H2,1-4H3,(H,23,25);24H,3-16H2,1-2H3. The lowest BCUT2D eigenvalue weighted by Gasteiger charge is -2.24. The van der Waals surface area contributed by atoms with Crippen molar-refractivity contribution in [2.45, 2.75) is 164 Å². The number of halogens is 3. The maximum Gasteiger partial charge on any atom is 0.328 e. The highest BCUT2D eigenvalue weighted by molar-refractivity contribution is 7.91. The number of rotatable bonds is 29. The molecule has 0 saturated carbocycles. The summed E-state index contributed by atoms with van der Waals surface area (Å²) < 4.78 is 37.3. The average molecular weight is 1280 g/mol. The molecule has 6 aromatic rings. The first kappa shape index (κ1) is 70.6. The second-order valence-electron chi connectivity index (χ2n) is 21.4. The van der Waals surface area contributed by atoms with Crippen molar-refractivity contribution in [3.63, 3.8) is 0 Å². The van der Waals surface area contributed by atoms with E-state index in [0.717, 1.165) is 54.4 Å². The fourth-order valence-electron chi connectivity index (χ4n) is 9.69. The van der Waals surface area contributed by atoms with Crippen LogP contribution in [0.1, 0.15) is 145 Å². The highest BCUT2D eigenvalue weighted by Gasteiger charge is 2.45. The number of aryl methyl sites for hydroxylation is 4. The third-order valence-electron chi connectivity index (χ3n) is 14.3. The Morgan fingerprint density at radius 3 is 1.99 bits per heavy atom. The Morgan fingerprint density at radius 1 is 0.747 bits per heavy atom. The van der Waals surface area contributed by atoms with E-state index in [1.807, 2.05) is 83.1 Å². The van der Waals surface area contributed by atoms with Gasteiger partial charge < -0.3 is 35.4 Å². The van der Waals surface area contributed by atoms with Crippen LogP contribution in [-0.2, 0) is 53.2 Å². The van der Waals surface area contributed by atoms with Gasteiger partial charge >= 0.3 is 6.03 Å². The number of aromatic nitrogens is 4. The number of sulfone groups is 1. The molecule has 1 fully saturated rings. The number of imide groups is 1. The Labute approximate surface area is 525 Å². The van der Waals surface area contributed by atoms with Gasteiger partial charge in [0.2, 0.25) is 5.91 Å². The van der Waals surface area contributed by atoms with Gasteiger partial charge in [-0.1, -0.05) is 161 Å². The number of anilines is 3. The molecule has 0 spiro atoms. The molecule has 1 saturated heterocycles. The van der Waals surface area contributed by atoms with E-state index in [1.54, 1.807) is 10.6 Å². The summed E-state index contributed by atoms with van der Waals surface area (Å²) in [5.41, 5.74) is 5.69. The van der Waals surface area contributed by atoms with Crippen LogP contribution in [-0.4, -0.2) is 116 Å². The zero-order valence-electron chi connectivity index (χ0n) is 51.1. The zero-order chi connectivity index (χ0) is 64.0. The summed E-state index contributed by atoms with van der Waals surface area (Å²) in [7, 11) is -1.60. The molecule has 2 atom stereocenters. The summed E-state index contributed by atoms with van der Waals surface area (Å²) in [5, 5.41) is 30.4. The molecule has 2 aromatic heterocycles. The second kappa shape index (κ2) is 34.4. The third-order valence-corrected chi connectivity index (χ3v) is 17.3. The maximum atomic E-state index is 13.1. The minimum Gasteiger partial charge on any atom is -0.504 e. The average Bonchev–Trinajstić information content (AvgIpc) is 1.94. The Morgan fingerprint density at radius 2 is 1.38 bits per heavy atom. The number of ether oxygens (including phenoxy) is 2. The number of H-pyrrole nitrogens is 1. The summed E-state index contributed by atoms with van der Waals surface area (Å²) >= 11 is 18.5. The Kier molecular flexibility index (Phi) is 27.9. The summed E-state index contributed by atoms with van der Waals surface area (Å²) in [5.74, 6) is -0.934.